The molecule has 1 heterocycles. The summed E-state index contributed by atoms with van der Waals surface area (Å²) in [4.78, 5) is 17.1. The SMILES string of the molecule is COc1ccc(-c2nc(CCC(=O)c3ccccc3OC)co2)cc1OCC(C)C. The number of carbonyl (C=O) groups is 1. The van der Waals surface area contributed by atoms with E-state index in [9.17, 15) is 4.79 Å². The summed E-state index contributed by atoms with van der Waals surface area (Å²) < 4.78 is 22.1. The van der Waals surface area contributed by atoms with Crippen LogP contribution in [0.4, 0.5) is 0 Å². The van der Waals surface area contributed by atoms with Crippen LogP contribution in [0.2, 0.25) is 0 Å². The van der Waals surface area contributed by atoms with E-state index in [2.05, 4.69) is 18.8 Å². The molecule has 0 saturated heterocycles. The highest BCUT2D eigenvalue weighted by molar-refractivity contribution is 5.98. The molecule has 6 heteroatoms. The van der Waals surface area contributed by atoms with Gasteiger partial charge in [-0.15, -0.1) is 0 Å². The number of methoxy groups -OCH3 is 2. The van der Waals surface area contributed by atoms with Gasteiger partial charge in [-0.25, -0.2) is 4.98 Å². The van der Waals surface area contributed by atoms with Crippen molar-refractivity contribution in [3.8, 4) is 28.7 Å². The lowest BCUT2D eigenvalue weighted by atomic mass is 10.0. The van der Waals surface area contributed by atoms with E-state index in [1.165, 1.54) is 0 Å². The van der Waals surface area contributed by atoms with E-state index in [-0.39, 0.29) is 5.78 Å². The number of hydrogen-bond donors (Lipinski definition) is 0. The second-order valence-corrected chi connectivity index (χ2v) is 7.34. The summed E-state index contributed by atoms with van der Waals surface area (Å²) >= 11 is 0. The molecular weight excluding hydrogens is 382 g/mol. The van der Waals surface area contributed by atoms with E-state index in [0.717, 1.165) is 5.56 Å². The van der Waals surface area contributed by atoms with Crippen LogP contribution in [-0.4, -0.2) is 31.6 Å². The van der Waals surface area contributed by atoms with Gasteiger partial charge in [-0.2, -0.15) is 0 Å². The summed E-state index contributed by atoms with van der Waals surface area (Å²) in [6.07, 6.45) is 2.38. The van der Waals surface area contributed by atoms with Crippen LogP contribution >= 0.6 is 0 Å². The molecule has 0 bridgehead atoms. The first-order chi connectivity index (χ1) is 14.5. The Morgan fingerprint density at radius 3 is 2.53 bits per heavy atom. The maximum Gasteiger partial charge on any atom is 0.226 e. The van der Waals surface area contributed by atoms with Crippen molar-refractivity contribution in [1.29, 1.82) is 0 Å². The lowest BCUT2D eigenvalue weighted by Gasteiger charge is -2.13. The van der Waals surface area contributed by atoms with Gasteiger partial charge in [0.25, 0.3) is 0 Å². The normalized spacial score (nSPS) is 10.8. The van der Waals surface area contributed by atoms with E-state index in [1.807, 2.05) is 30.3 Å². The highest BCUT2D eigenvalue weighted by Crippen LogP contribution is 2.32. The second-order valence-electron chi connectivity index (χ2n) is 7.34. The molecule has 2 aromatic carbocycles. The molecule has 0 amide bonds. The minimum atomic E-state index is 0.00539. The first-order valence-corrected chi connectivity index (χ1v) is 9.93. The van der Waals surface area contributed by atoms with Gasteiger partial charge in [0.1, 0.15) is 12.0 Å². The van der Waals surface area contributed by atoms with Crippen molar-refractivity contribution in [2.45, 2.75) is 26.7 Å². The van der Waals surface area contributed by atoms with Crippen LogP contribution in [0.3, 0.4) is 0 Å². The fourth-order valence-electron chi connectivity index (χ4n) is 2.98. The molecule has 1 aromatic heterocycles. The molecule has 6 nitrogen and oxygen atoms in total. The van der Waals surface area contributed by atoms with Gasteiger partial charge in [0.15, 0.2) is 17.3 Å². The van der Waals surface area contributed by atoms with Crippen molar-refractivity contribution in [2.24, 2.45) is 5.92 Å². The summed E-state index contributed by atoms with van der Waals surface area (Å²) in [7, 11) is 3.17. The highest BCUT2D eigenvalue weighted by atomic mass is 16.5. The van der Waals surface area contributed by atoms with Gasteiger partial charge in [-0.05, 0) is 36.2 Å². The number of aromatic nitrogens is 1. The van der Waals surface area contributed by atoms with Crippen molar-refractivity contribution in [1.82, 2.24) is 4.98 Å². The fourth-order valence-corrected chi connectivity index (χ4v) is 2.98. The Morgan fingerprint density at radius 2 is 1.80 bits per heavy atom. The number of Topliss-reactive ketones (excluding diaryl/α,β-unsaturated/α-hetero) is 1. The standard InChI is InChI=1S/C24H27NO5/c1-16(2)14-29-23-13-17(9-12-22(23)28-4)24-25-18(15-30-24)10-11-20(26)19-7-5-6-8-21(19)27-3/h5-9,12-13,15-16H,10-11,14H2,1-4H3. The van der Waals surface area contributed by atoms with Crippen LogP contribution in [-0.2, 0) is 6.42 Å². The van der Waals surface area contributed by atoms with Crippen LogP contribution < -0.4 is 14.2 Å². The smallest absolute Gasteiger partial charge is 0.226 e. The topological polar surface area (TPSA) is 70.8 Å². The van der Waals surface area contributed by atoms with Gasteiger partial charge < -0.3 is 18.6 Å². The number of rotatable bonds is 10. The number of carbonyl (C=O) groups excluding carboxylic acids is 1. The number of benzene rings is 2. The average Bonchev–Trinajstić information content (AvgIpc) is 3.24. The fraction of sp³-hybridized carbons (Fsp3) is 0.333. The molecule has 0 unspecified atom stereocenters. The van der Waals surface area contributed by atoms with Crippen LogP contribution in [0, 0.1) is 5.92 Å². The average molecular weight is 409 g/mol. The molecular formula is C24H27NO5. The number of para-hydroxylation sites is 1. The number of aryl methyl sites for hydroxylation is 1. The number of hydrogen-bond acceptors (Lipinski definition) is 6. The predicted molar refractivity (Wildman–Crippen MR) is 114 cm³/mol. The molecule has 0 fully saturated rings. The largest absolute Gasteiger partial charge is 0.496 e. The van der Waals surface area contributed by atoms with Gasteiger partial charge in [-0.3, -0.25) is 4.79 Å². The van der Waals surface area contributed by atoms with Crippen LogP contribution in [0.5, 0.6) is 17.2 Å². The lowest BCUT2D eigenvalue weighted by molar-refractivity contribution is 0.0979. The zero-order valence-electron chi connectivity index (χ0n) is 17.8. The Morgan fingerprint density at radius 1 is 1.03 bits per heavy atom. The molecule has 3 rings (SSSR count). The lowest BCUT2D eigenvalue weighted by Crippen LogP contribution is -2.05. The van der Waals surface area contributed by atoms with Gasteiger partial charge in [0.2, 0.25) is 5.89 Å². The zero-order chi connectivity index (χ0) is 21.5. The van der Waals surface area contributed by atoms with E-state index in [0.29, 0.717) is 59.8 Å². The molecule has 158 valence electrons. The highest BCUT2D eigenvalue weighted by Gasteiger charge is 2.15. The second kappa shape index (κ2) is 9.96. The zero-order valence-corrected chi connectivity index (χ0v) is 17.8. The van der Waals surface area contributed by atoms with E-state index < -0.39 is 0 Å². The van der Waals surface area contributed by atoms with Crippen molar-refractivity contribution < 1.29 is 23.4 Å². The van der Waals surface area contributed by atoms with Crippen LogP contribution in [0.15, 0.2) is 53.1 Å². The quantitative estimate of drug-likeness (QED) is 0.428. The first kappa shape index (κ1) is 21.4. The third-order valence-electron chi connectivity index (χ3n) is 4.55. The van der Waals surface area contributed by atoms with Crippen LogP contribution in [0.1, 0.15) is 36.3 Å². The summed E-state index contributed by atoms with van der Waals surface area (Å²) in [5.74, 6) is 2.77. The molecule has 0 N–H and O–H groups in total. The molecule has 30 heavy (non-hydrogen) atoms. The Labute approximate surface area is 176 Å². The summed E-state index contributed by atoms with van der Waals surface area (Å²) in [5.41, 5.74) is 2.08. The number of ether oxygens (including phenoxy) is 3. The third-order valence-corrected chi connectivity index (χ3v) is 4.55. The van der Waals surface area contributed by atoms with Gasteiger partial charge in [-0.1, -0.05) is 26.0 Å². The molecule has 0 aliphatic heterocycles. The van der Waals surface area contributed by atoms with E-state index >= 15 is 0 Å². The minimum Gasteiger partial charge on any atom is -0.496 e. The Bertz CT molecular complexity index is 993. The van der Waals surface area contributed by atoms with Crippen molar-refractivity contribution >= 4 is 5.78 Å². The van der Waals surface area contributed by atoms with E-state index in [1.54, 1.807) is 32.6 Å². The summed E-state index contributed by atoms with van der Waals surface area (Å²) in [6.45, 7) is 4.76. The third kappa shape index (κ3) is 5.20. The number of oxazole rings is 1. The monoisotopic (exact) mass is 409 g/mol. The first-order valence-electron chi connectivity index (χ1n) is 9.93. The molecule has 0 atom stereocenters. The predicted octanol–water partition coefficient (Wildman–Crippen LogP) is 5.21. The maximum absolute atomic E-state index is 12.5. The molecule has 0 saturated carbocycles. The minimum absolute atomic E-state index is 0.00539. The van der Waals surface area contributed by atoms with E-state index in [4.69, 9.17) is 18.6 Å². The number of ketones is 1. The Hall–Kier alpha value is -3.28. The molecule has 3 aromatic rings. The molecule has 0 spiro atoms. The molecule has 0 radical (unpaired) electrons. The molecule has 0 aliphatic carbocycles. The maximum atomic E-state index is 12.5. The molecule has 0 aliphatic rings. The van der Waals surface area contributed by atoms with Crippen molar-refractivity contribution in [3.63, 3.8) is 0 Å². The van der Waals surface area contributed by atoms with Gasteiger partial charge in [0, 0.05) is 18.4 Å². The Balaban J connectivity index is 1.70. The summed E-state index contributed by atoms with van der Waals surface area (Å²) in [6, 6.07) is 12.8. The van der Waals surface area contributed by atoms with Gasteiger partial charge in [0.05, 0.1) is 32.1 Å². The summed E-state index contributed by atoms with van der Waals surface area (Å²) in [5, 5.41) is 0. The van der Waals surface area contributed by atoms with Crippen LogP contribution in [0.25, 0.3) is 11.5 Å². The number of nitrogens with zero attached hydrogens (tertiary/aromatic N) is 1. The van der Waals surface area contributed by atoms with Crippen molar-refractivity contribution in [2.75, 3.05) is 20.8 Å². The Kier molecular flexibility index (Phi) is 7.12. The van der Waals surface area contributed by atoms with Gasteiger partial charge >= 0.3 is 0 Å². The van der Waals surface area contributed by atoms with Crippen molar-refractivity contribution in [3.05, 3.63) is 60.0 Å².